The van der Waals surface area contributed by atoms with E-state index in [1.165, 1.54) is 11.3 Å². The van der Waals surface area contributed by atoms with Gasteiger partial charge in [-0.05, 0) is 38.5 Å². The lowest BCUT2D eigenvalue weighted by atomic mass is 10.1. The van der Waals surface area contributed by atoms with Crippen LogP contribution < -0.4 is 5.32 Å². The Morgan fingerprint density at radius 1 is 1.11 bits per heavy atom. The van der Waals surface area contributed by atoms with E-state index in [1.54, 1.807) is 0 Å². The fraction of sp³-hybridized carbons (Fsp3) is 0.200. The summed E-state index contributed by atoms with van der Waals surface area (Å²) in [6, 6.07) is 12.9. The Kier molecular flexibility index (Phi) is 4.79. The van der Waals surface area contributed by atoms with Gasteiger partial charge in [0.2, 0.25) is 0 Å². The maximum atomic E-state index is 13.0. The molecule has 28 heavy (non-hydrogen) atoms. The van der Waals surface area contributed by atoms with E-state index >= 15 is 0 Å². The van der Waals surface area contributed by atoms with Gasteiger partial charge in [0.25, 0.3) is 5.91 Å². The van der Waals surface area contributed by atoms with E-state index in [-0.39, 0.29) is 5.91 Å². The Morgan fingerprint density at radius 3 is 2.54 bits per heavy atom. The summed E-state index contributed by atoms with van der Waals surface area (Å²) in [5, 5.41) is 10.8. The van der Waals surface area contributed by atoms with Gasteiger partial charge < -0.3 is 9.73 Å². The van der Waals surface area contributed by atoms with Crippen molar-refractivity contribution in [2.45, 2.75) is 26.8 Å². The molecule has 1 amide bonds. The molecule has 1 unspecified atom stereocenters. The molecule has 7 nitrogen and oxygen atoms in total. The number of carbonyl (C=O) groups excluding carboxylic acids is 1. The van der Waals surface area contributed by atoms with Crippen molar-refractivity contribution in [3.63, 3.8) is 0 Å². The molecule has 142 valence electrons. The quantitative estimate of drug-likeness (QED) is 0.535. The lowest BCUT2D eigenvalue weighted by Gasteiger charge is -2.16. The average molecular weight is 393 g/mol. The molecule has 4 rings (SSSR count). The number of rotatable bonds is 5. The summed E-state index contributed by atoms with van der Waals surface area (Å²) in [6.45, 7) is 5.52. The number of aromatic nitrogens is 4. The summed E-state index contributed by atoms with van der Waals surface area (Å²) >= 11 is 1.31. The number of nitrogens with one attached hydrogen (secondary N) is 2. The maximum Gasteiger partial charge on any atom is 0.264 e. The number of thiazole rings is 1. The predicted molar refractivity (Wildman–Crippen MR) is 106 cm³/mol. The second kappa shape index (κ2) is 7.40. The van der Waals surface area contributed by atoms with Crippen LogP contribution in [0.15, 0.2) is 46.9 Å². The Labute approximate surface area is 165 Å². The Hall–Kier alpha value is -3.26. The van der Waals surface area contributed by atoms with Crippen LogP contribution in [-0.2, 0) is 0 Å². The second-order valence-electron chi connectivity index (χ2n) is 6.44. The molecule has 0 radical (unpaired) electrons. The number of nitrogens with zero attached hydrogens (tertiary/aromatic N) is 3. The molecule has 3 heterocycles. The van der Waals surface area contributed by atoms with Gasteiger partial charge in [-0.15, -0.1) is 11.3 Å². The number of hydrogen-bond acceptors (Lipinski definition) is 6. The van der Waals surface area contributed by atoms with Crippen LogP contribution in [-0.4, -0.2) is 26.1 Å². The predicted octanol–water partition coefficient (Wildman–Crippen LogP) is 3.97. The Bertz CT molecular complexity index is 1110. The summed E-state index contributed by atoms with van der Waals surface area (Å²) in [7, 11) is 0. The van der Waals surface area contributed by atoms with Crippen LogP contribution in [0.4, 0.5) is 0 Å². The van der Waals surface area contributed by atoms with E-state index in [1.807, 2.05) is 63.2 Å². The first-order valence-corrected chi connectivity index (χ1v) is 9.62. The lowest BCUT2D eigenvalue weighted by Crippen LogP contribution is -2.30. The molecule has 0 saturated heterocycles. The number of carbonyl (C=O) groups is 1. The van der Waals surface area contributed by atoms with Crippen LogP contribution in [0.3, 0.4) is 0 Å². The number of aromatic amines is 1. The van der Waals surface area contributed by atoms with Crippen LogP contribution in [0.2, 0.25) is 0 Å². The third kappa shape index (κ3) is 3.59. The van der Waals surface area contributed by atoms with E-state index in [2.05, 4.69) is 25.5 Å². The third-order valence-corrected chi connectivity index (χ3v) is 5.41. The minimum atomic E-state index is -0.463. The molecule has 0 bridgehead atoms. The first-order chi connectivity index (χ1) is 13.5. The number of amides is 1. The fourth-order valence-corrected chi connectivity index (χ4v) is 3.82. The smallest absolute Gasteiger partial charge is 0.264 e. The van der Waals surface area contributed by atoms with Crippen LogP contribution in [0.5, 0.6) is 0 Å². The summed E-state index contributed by atoms with van der Waals surface area (Å²) < 4.78 is 5.63. The number of hydrogen-bond donors (Lipinski definition) is 2. The molecule has 2 N–H and O–H groups in total. The van der Waals surface area contributed by atoms with E-state index in [0.29, 0.717) is 33.0 Å². The molecule has 1 aromatic carbocycles. The van der Waals surface area contributed by atoms with Crippen LogP contribution in [0.1, 0.15) is 44.4 Å². The van der Waals surface area contributed by atoms with Crippen molar-refractivity contribution in [1.29, 1.82) is 0 Å². The molecule has 0 aliphatic rings. The van der Waals surface area contributed by atoms with Crippen molar-refractivity contribution in [2.24, 2.45) is 0 Å². The van der Waals surface area contributed by atoms with Gasteiger partial charge in [0.15, 0.2) is 16.6 Å². The van der Waals surface area contributed by atoms with Crippen molar-refractivity contribution in [2.75, 3.05) is 0 Å². The van der Waals surface area contributed by atoms with Gasteiger partial charge in [-0.25, -0.2) is 9.97 Å². The van der Waals surface area contributed by atoms with Gasteiger partial charge in [0.1, 0.15) is 22.5 Å². The Balaban J connectivity index is 1.64. The molecule has 0 spiro atoms. The molecule has 0 fully saturated rings. The van der Waals surface area contributed by atoms with E-state index in [0.717, 1.165) is 11.3 Å². The highest BCUT2D eigenvalue weighted by molar-refractivity contribution is 7.17. The number of aryl methyl sites for hydroxylation is 3. The van der Waals surface area contributed by atoms with Crippen molar-refractivity contribution < 1.29 is 9.21 Å². The summed E-state index contributed by atoms with van der Waals surface area (Å²) in [6.07, 6.45) is 0. The number of furan rings is 1. The van der Waals surface area contributed by atoms with Crippen LogP contribution in [0, 0.1) is 20.8 Å². The SMILES string of the molecule is Cc1nc(C(NC(=O)c2sc(-c3ccc(C)o3)nc2C)c2ccccc2)n[nH]1. The molecule has 3 aromatic heterocycles. The van der Waals surface area contributed by atoms with Crippen molar-refractivity contribution in [3.05, 3.63) is 76.0 Å². The van der Waals surface area contributed by atoms with Gasteiger partial charge in [-0.3, -0.25) is 9.89 Å². The minimum Gasteiger partial charge on any atom is -0.459 e. The van der Waals surface area contributed by atoms with Gasteiger partial charge >= 0.3 is 0 Å². The van der Waals surface area contributed by atoms with E-state index in [9.17, 15) is 4.79 Å². The van der Waals surface area contributed by atoms with E-state index < -0.39 is 6.04 Å². The minimum absolute atomic E-state index is 0.221. The number of H-pyrrole nitrogens is 1. The van der Waals surface area contributed by atoms with Gasteiger partial charge in [-0.2, -0.15) is 5.10 Å². The Morgan fingerprint density at radius 2 is 1.89 bits per heavy atom. The first kappa shape index (κ1) is 18.1. The van der Waals surface area contributed by atoms with Crippen molar-refractivity contribution >= 4 is 17.2 Å². The van der Waals surface area contributed by atoms with Gasteiger partial charge in [0.05, 0.1) is 5.69 Å². The standard InChI is InChI=1S/C20H19N5O2S/c1-11-9-10-15(27-11)20-21-12(2)17(28-20)19(26)23-16(14-7-5-4-6-8-14)18-22-13(3)24-25-18/h4-10,16H,1-3H3,(H,23,26)(H,22,24,25). The summed E-state index contributed by atoms with van der Waals surface area (Å²) in [4.78, 5) is 22.5. The third-order valence-electron chi connectivity index (χ3n) is 4.24. The van der Waals surface area contributed by atoms with Crippen molar-refractivity contribution in [3.8, 4) is 10.8 Å². The monoisotopic (exact) mass is 393 g/mol. The average Bonchev–Trinajstić information content (AvgIpc) is 3.40. The molecule has 4 aromatic rings. The zero-order valence-corrected chi connectivity index (χ0v) is 16.5. The molecule has 0 aliphatic heterocycles. The topological polar surface area (TPSA) is 96.7 Å². The highest BCUT2D eigenvalue weighted by atomic mass is 32.1. The number of benzene rings is 1. The van der Waals surface area contributed by atoms with Gasteiger partial charge in [0, 0.05) is 0 Å². The molecule has 0 saturated carbocycles. The summed E-state index contributed by atoms with van der Waals surface area (Å²) in [5.74, 6) is 2.45. The molecular formula is C20H19N5O2S. The lowest BCUT2D eigenvalue weighted by molar-refractivity contribution is 0.0945. The molecule has 1 atom stereocenters. The van der Waals surface area contributed by atoms with Gasteiger partial charge in [-0.1, -0.05) is 30.3 Å². The zero-order valence-electron chi connectivity index (χ0n) is 15.7. The first-order valence-electron chi connectivity index (χ1n) is 8.80. The highest BCUT2D eigenvalue weighted by Gasteiger charge is 2.24. The zero-order chi connectivity index (χ0) is 19.7. The highest BCUT2D eigenvalue weighted by Crippen LogP contribution is 2.30. The van der Waals surface area contributed by atoms with Crippen LogP contribution >= 0.6 is 11.3 Å². The second-order valence-corrected chi connectivity index (χ2v) is 7.44. The van der Waals surface area contributed by atoms with Crippen molar-refractivity contribution in [1.82, 2.24) is 25.5 Å². The molecule has 0 aliphatic carbocycles. The fourth-order valence-electron chi connectivity index (χ4n) is 2.89. The normalized spacial score (nSPS) is 12.1. The molecule has 8 heteroatoms. The molecular weight excluding hydrogens is 374 g/mol. The van der Waals surface area contributed by atoms with E-state index in [4.69, 9.17) is 4.42 Å². The largest absolute Gasteiger partial charge is 0.459 e. The van der Waals surface area contributed by atoms with Crippen LogP contribution in [0.25, 0.3) is 10.8 Å². The maximum absolute atomic E-state index is 13.0. The summed E-state index contributed by atoms with van der Waals surface area (Å²) in [5.41, 5.74) is 1.56.